The van der Waals surface area contributed by atoms with E-state index >= 15 is 0 Å². The van der Waals surface area contributed by atoms with Gasteiger partial charge in [0.25, 0.3) is 0 Å². The van der Waals surface area contributed by atoms with Crippen LogP contribution in [0, 0.1) is 17.2 Å². The molecule has 0 bridgehead atoms. The molecular formula is C31H37ClN6O. The van der Waals surface area contributed by atoms with E-state index in [9.17, 15) is 5.26 Å². The number of rotatable bonds is 8. The van der Waals surface area contributed by atoms with Gasteiger partial charge in [-0.2, -0.15) is 5.26 Å². The van der Waals surface area contributed by atoms with Crippen molar-refractivity contribution in [2.24, 2.45) is 5.92 Å². The molecule has 1 N–H and O–H groups in total. The normalized spacial score (nSPS) is 17.1. The van der Waals surface area contributed by atoms with Crippen molar-refractivity contribution in [3.05, 3.63) is 82.1 Å². The molecule has 0 spiro atoms. The Hall–Kier alpha value is -3.18. The van der Waals surface area contributed by atoms with Gasteiger partial charge >= 0.3 is 0 Å². The zero-order valence-corrected chi connectivity index (χ0v) is 23.6. The summed E-state index contributed by atoms with van der Waals surface area (Å²) in [6.07, 6.45) is 4.20. The number of nitrogens with zero attached hydrogens (tertiary/aromatic N) is 5. The molecule has 8 heteroatoms. The zero-order valence-electron chi connectivity index (χ0n) is 22.9. The van der Waals surface area contributed by atoms with Gasteiger partial charge in [0.15, 0.2) is 0 Å². The van der Waals surface area contributed by atoms with E-state index in [4.69, 9.17) is 21.3 Å². The van der Waals surface area contributed by atoms with Gasteiger partial charge in [0, 0.05) is 62.4 Å². The Kier molecular flexibility index (Phi) is 8.66. The van der Waals surface area contributed by atoms with Crippen LogP contribution in [0.15, 0.2) is 54.7 Å². The van der Waals surface area contributed by atoms with E-state index in [0.29, 0.717) is 17.2 Å². The molecule has 0 unspecified atom stereocenters. The minimum atomic E-state index is -0.310. The number of nitriles is 1. The Labute approximate surface area is 236 Å². The quantitative estimate of drug-likeness (QED) is 0.426. The summed E-state index contributed by atoms with van der Waals surface area (Å²) in [6, 6.07) is 17.7. The maximum atomic E-state index is 9.33. The van der Waals surface area contributed by atoms with Crippen molar-refractivity contribution in [3.63, 3.8) is 0 Å². The highest BCUT2D eigenvalue weighted by Crippen LogP contribution is 2.34. The highest BCUT2D eigenvalue weighted by Gasteiger charge is 2.25. The lowest BCUT2D eigenvalue weighted by Crippen LogP contribution is -2.47. The predicted molar refractivity (Wildman–Crippen MR) is 155 cm³/mol. The Morgan fingerprint density at radius 3 is 2.49 bits per heavy atom. The first-order valence-electron chi connectivity index (χ1n) is 13.8. The molecule has 0 radical (unpaired) electrons. The lowest BCUT2D eigenvalue weighted by atomic mass is 9.78. The van der Waals surface area contributed by atoms with Crippen molar-refractivity contribution in [3.8, 4) is 11.8 Å². The summed E-state index contributed by atoms with van der Waals surface area (Å²) in [5.74, 6) is 2.34. The predicted octanol–water partition coefficient (Wildman–Crippen LogP) is 5.03. The third-order valence-corrected chi connectivity index (χ3v) is 8.25. The van der Waals surface area contributed by atoms with Crippen LogP contribution in [0.2, 0.25) is 5.02 Å². The van der Waals surface area contributed by atoms with Crippen LogP contribution >= 0.6 is 11.6 Å². The minimum absolute atomic E-state index is 0.310. The summed E-state index contributed by atoms with van der Waals surface area (Å²) >= 11 is 6.26. The molecule has 2 fully saturated rings. The molecule has 3 aromatic rings. The van der Waals surface area contributed by atoms with Crippen molar-refractivity contribution < 1.29 is 4.74 Å². The second-order valence-corrected chi connectivity index (χ2v) is 11.5. The molecule has 2 aromatic carbocycles. The first-order chi connectivity index (χ1) is 18.9. The summed E-state index contributed by atoms with van der Waals surface area (Å²) in [5, 5.41) is 13.3. The average Bonchev–Trinajstić information content (AvgIpc) is 2.97. The van der Waals surface area contributed by atoms with Crippen LogP contribution in [0.5, 0.6) is 5.75 Å². The monoisotopic (exact) mass is 544 g/mol. The number of piperazine rings is 1. The fraction of sp³-hybridized carbons (Fsp3) is 0.452. The van der Waals surface area contributed by atoms with E-state index in [2.05, 4.69) is 52.2 Å². The van der Waals surface area contributed by atoms with Crippen LogP contribution in [0.4, 0.5) is 5.95 Å². The van der Waals surface area contributed by atoms with E-state index < -0.39 is 0 Å². The molecule has 2 aliphatic rings. The Morgan fingerprint density at radius 1 is 1.03 bits per heavy atom. The first-order valence-corrected chi connectivity index (χ1v) is 14.2. The standard InChI is InChI=1S/C31H37ClN6O/c1-31(2,26-17-24(20-33)18-27(32)19-26)25-3-5-29(6-4-25)39-22-28-7-10-35-30(36-28)38-13-8-23(9-14-38)21-37-15-11-34-12-16-37/h3-7,10,17-19,23,34H,8-9,11-16,21-22H2,1-2H3. The van der Waals surface area contributed by atoms with Crippen molar-refractivity contribution in [2.75, 3.05) is 50.7 Å². The van der Waals surface area contributed by atoms with Gasteiger partial charge in [0.05, 0.1) is 17.3 Å². The summed E-state index contributed by atoms with van der Waals surface area (Å²) in [4.78, 5) is 14.3. The number of ether oxygens (including phenoxy) is 1. The maximum absolute atomic E-state index is 9.33. The van der Waals surface area contributed by atoms with Crippen molar-refractivity contribution >= 4 is 17.5 Å². The van der Waals surface area contributed by atoms with Gasteiger partial charge in [-0.1, -0.05) is 37.6 Å². The summed E-state index contributed by atoms with van der Waals surface area (Å²) in [7, 11) is 0. The van der Waals surface area contributed by atoms with E-state index in [1.807, 2.05) is 36.5 Å². The van der Waals surface area contributed by atoms with E-state index in [1.165, 1.54) is 19.4 Å². The van der Waals surface area contributed by atoms with E-state index in [0.717, 1.165) is 73.7 Å². The molecule has 3 heterocycles. The molecule has 39 heavy (non-hydrogen) atoms. The highest BCUT2D eigenvalue weighted by atomic mass is 35.5. The van der Waals surface area contributed by atoms with Gasteiger partial charge in [-0.15, -0.1) is 0 Å². The Bertz CT molecular complexity index is 1290. The molecule has 0 amide bonds. The third kappa shape index (κ3) is 6.88. The van der Waals surface area contributed by atoms with Crippen molar-refractivity contribution in [1.29, 1.82) is 5.26 Å². The third-order valence-electron chi connectivity index (χ3n) is 8.04. The number of halogens is 1. The number of nitrogens with one attached hydrogen (secondary N) is 1. The number of benzene rings is 2. The second kappa shape index (κ2) is 12.3. The van der Waals surface area contributed by atoms with Gasteiger partial charge in [-0.25, -0.2) is 9.97 Å². The lowest BCUT2D eigenvalue weighted by Gasteiger charge is -2.36. The number of hydrogen-bond acceptors (Lipinski definition) is 7. The Balaban J connectivity index is 1.16. The van der Waals surface area contributed by atoms with Gasteiger partial charge in [0.2, 0.25) is 5.95 Å². The van der Waals surface area contributed by atoms with Crippen LogP contribution in [-0.2, 0) is 12.0 Å². The number of piperidine rings is 1. The summed E-state index contributed by atoms with van der Waals surface area (Å²) in [6.45, 7) is 12.4. The number of hydrogen-bond donors (Lipinski definition) is 1. The molecular weight excluding hydrogens is 508 g/mol. The number of anilines is 1. The SMILES string of the molecule is CC(C)(c1ccc(OCc2ccnc(N3CCC(CN4CCNCC4)CC3)n2)cc1)c1cc(Cl)cc(C#N)c1. The Morgan fingerprint density at radius 2 is 1.77 bits per heavy atom. The maximum Gasteiger partial charge on any atom is 0.225 e. The highest BCUT2D eigenvalue weighted by molar-refractivity contribution is 6.30. The molecule has 0 aliphatic carbocycles. The van der Waals surface area contributed by atoms with Crippen LogP contribution in [0.1, 0.15) is 49.1 Å². The van der Waals surface area contributed by atoms with Gasteiger partial charge in [0.1, 0.15) is 12.4 Å². The van der Waals surface area contributed by atoms with Crippen LogP contribution in [-0.4, -0.2) is 60.7 Å². The van der Waals surface area contributed by atoms with Gasteiger partial charge in [-0.3, -0.25) is 0 Å². The molecule has 7 nitrogen and oxygen atoms in total. The van der Waals surface area contributed by atoms with Crippen LogP contribution < -0.4 is 15.0 Å². The average molecular weight is 545 g/mol. The molecule has 1 aromatic heterocycles. The van der Waals surface area contributed by atoms with E-state index in [-0.39, 0.29) is 5.41 Å². The molecule has 0 atom stereocenters. The molecule has 204 valence electrons. The molecule has 5 rings (SSSR count). The fourth-order valence-electron chi connectivity index (χ4n) is 5.50. The largest absolute Gasteiger partial charge is 0.487 e. The molecule has 2 aliphatic heterocycles. The van der Waals surface area contributed by atoms with Crippen LogP contribution in [0.3, 0.4) is 0 Å². The second-order valence-electron chi connectivity index (χ2n) is 11.1. The summed E-state index contributed by atoms with van der Waals surface area (Å²) < 4.78 is 6.08. The molecule has 2 saturated heterocycles. The number of aromatic nitrogens is 2. The topological polar surface area (TPSA) is 77.3 Å². The smallest absolute Gasteiger partial charge is 0.225 e. The van der Waals surface area contributed by atoms with Crippen molar-refractivity contribution in [2.45, 2.75) is 38.7 Å². The minimum Gasteiger partial charge on any atom is -0.487 e. The van der Waals surface area contributed by atoms with Gasteiger partial charge in [-0.05, 0) is 66.3 Å². The molecule has 0 saturated carbocycles. The van der Waals surface area contributed by atoms with Crippen molar-refractivity contribution in [1.82, 2.24) is 20.2 Å². The summed E-state index contributed by atoms with van der Waals surface area (Å²) in [5.41, 5.74) is 3.24. The van der Waals surface area contributed by atoms with Crippen LogP contribution in [0.25, 0.3) is 0 Å². The fourth-order valence-corrected chi connectivity index (χ4v) is 5.73. The zero-order chi connectivity index (χ0) is 27.2. The lowest BCUT2D eigenvalue weighted by molar-refractivity contribution is 0.190. The van der Waals surface area contributed by atoms with Gasteiger partial charge < -0.3 is 19.9 Å². The van der Waals surface area contributed by atoms with E-state index in [1.54, 1.807) is 6.07 Å². The first kappa shape index (κ1) is 27.4.